The Kier molecular flexibility index (Phi) is 4.53. The first-order valence-electron chi connectivity index (χ1n) is 3.73. The fourth-order valence-corrected chi connectivity index (χ4v) is 0.644. The minimum Gasteiger partial charge on any atom is -0.338 e. The van der Waals surface area contributed by atoms with E-state index in [2.05, 4.69) is 5.32 Å². The van der Waals surface area contributed by atoms with Gasteiger partial charge in [0.2, 0.25) is 0 Å². The smallest absolute Gasteiger partial charge is 0.338 e. The molecule has 13 heavy (non-hydrogen) atoms. The van der Waals surface area contributed by atoms with E-state index in [-0.39, 0.29) is 6.54 Å². The Labute approximate surface area is 73.7 Å². The van der Waals surface area contributed by atoms with E-state index in [4.69, 9.17) is 5.73 Å². The second-order valence-corrected chi connectivity index (χ2v) is 2.33. The molecule has 78 valence electrons. The SMILES string of the molecule is CCNC(=O)NC(CN)C(F)(F)F. The molecule has 0 aliphatic rings. The first-order chi connectivity index (χ1) is 5.91. The Balaban J connectivity index is 4.06. The van der Waals surface area contributed by atoms with E-state index in [0.29, 0.717) is 0 Å². The molecule has 0 bridgehead atoms. The lowest BCUT2D eigenvalue weighted by Crippen LogP contribution is -2.52. The molecule has 1 unspecified atom stereocenters. The van der Waals surface area contributed by atoms with Crippen molar-refractivity contribution in [1.29, 1.82) is 0 Å². The molecule has 0 aromatic rings. The van der Waals surface area contributed by atoms with Crippen LogP contribution in [0.4, 0.5) is 18.0 Å². The standard InChI is InChI=1S/C6H12F3N3O/c1-2-11-5(13)12-4(3-10)6(7,8)9/h4H,2-3,10H2,1H3,(H2,11,12,13). The lowest BCUT2D eigenvalue weighted by Gasteiger charge is -2.19. The minimum atomic E-state index is -4.50. The molecule has 0 fully saturated rings. The number of carbonyl (C=O) groups excluding carboxylic acids is 1. The van der Waals surface area contributed by atoms with Gasteiger partial charge in [0.1, 0.15) is 6.04 Å². The van der Waals surface area contributed by atoms with Gasteiger partial charge in [0.05, 0.1) is 0 Å². The summed E-state index contributed by atoms with van der Waals surface area (Å²) < 4.78 is 36.0. The number of halogens is 3. The van der Waals surface area contributed by atoms with Gasteiger partial charge < -0.3 is 16.4 Å². The second kappa shape index (κ2) is 4.90. The summed E-state index contributed by atoms with van der Waals surface area (Å²) in [4.78, 5) is 10.7. The van der Waals surface area contributed by atoms with Gasteiger partial charge in [0.25, 0.3) is 0 Å². The van der Waals surface area contributed by atoms with Crippen molar-refractivity contribution in [3.05, 3.63) is 0 Å². The van der Waals surface area contributed by atoms with Crippen LogP contribution in [0.2, 0.25) is 0 Å². The molecule has 0 saturated carbocycles. The Hall–Kier alpha value is -0.980. The number of amides is 2. The van der Waals surface area contributed by atoms with Crippen LogP contribution >= 0.6 is 0 Å². The molecule has 7 heteroatoms. The van der Waals surface area contributed by atoms with Crippen molar-refractivity contribution in [3.8, 4) is 0 Å². The lowest BCUT2D eigenvalue weighted by atomic mass is 10.3. The van der Waals surface area contributed by atoms with Crippen LogP contribution in [0.15, 0.2) is 0 Å². The number of nitrogens with two attached hydrogens (primary N) is 1. The van der Waals surface area contributed by atoms with Crippen molar-refractivity contribution in [3.63, 3.8) is 0 Å². The molecule has 0 rings (SSSR count). The highest BCUT2D eigenvalue weighted by atomic mass is 19.4. The Bertz CT molecular complexity index is 171. The fourth-order valence-electron chi connectivity index (χ4n) is 0.644. The highest BCUT2D eigenvalue weighted by molar-refractivity contribution is 5.74. The molecule has 1 atom stereocenters. The van der Waals surface area contributed by atoms with Crippen LogP contribution in [-0.2, 0) is 0 Å². The summed E-state index contributed by atoms with van der Waals surface area (Å²) in [7, 11) is 0. The number of urea groups is 1. The number of nitrogens with one attached hydrogen (secondary N) is 2. The monoisotopic (exact) mass is 199 g/mol. The van der Waals surface area contributed by atoms with E-state index in [9.17, 15) is 18.0 Å². The van der Waals surface area contributed by atoms with Crippen LogP contribution in [0.3, 0.4) is 0 Å². The molecule has 4 N–H and O–H groups in total. The maximum atomic E-state index is 12.0. The Morgan fingerprint density at radius 2 is 2.08 bits per heavy atom. The lowest BCUT2D eigenvalue weighted by molar-refractivity contribution is -0.150. The van der Waals surface area contributed by atoms with Gasteiger partial charge in [0.15, 0.2) is 0 Å². The molecule has 0 saturated heterocycles. The van der Waals surface area contributed by atoms with Crippen molar-refractivity contribution in [2.45, 2.75) is 19.1 Å². The quantitative estimate of drug-likeness (QED) is 0.607. The van der Waals surface area contributed by atoms with E-state index in [0.717, 1.165) is 0 Å². The Morgan fingerprint density at radius 1 is 1.54 bits per heavy atom. The van der Waals surface area contributed by atoms with E-state index >= 15 is 0 Å². The van der Waals surface area contributed by atoms with Crippen molar-refractivity contribution >= 4 is 6.03 Å². The van der Waals surface area contributed by atoms with Crippen LogP contribution in [0.25, 0.3) is 0 Å². The predicted octanol–water partition coefficient (Wildman–Crippen LogP) is 0.195. The number of rotatable bonds is 3. The van der Waals surface area contributed by atoms with E-state index in [1.807, 2.05) is 0 Å². The van der Waals surface area contributed by atoms with Gasteiger partial charge in [-0.2, -0.15) is 13.2 Å². The van der Waals surface area contributed by atoms with Crippen LogP contribution in [0.5, 0.6) is 0 Å². The average Bonchev–Trinajstić information content (AvgIpc) is 1.98. The molecule has 0 aliphatic carbocycles. The molecular weight excluding hydrogens is 187 g/mol. The predicted molar refractivity (Wildman–Crippen MR) is 41.1 cm³/mol. The second-order valence-electron chi connectivity index (χ2n) is 2.33. The number of alkyl halides is 3. The third kappa shape index (κ3) is 4.56. The molecule has 0 aromatic heterocycles. The van der Waals surface area contributed by atoms with Crippen molar-refractivity contribution in [2.75, 3.05) is 13.1 Å². The maximum Gasteiger partial charge on any atom is 0.409 e. The number of carbonyl (C=O) groups is 1. The summed E-state index contributed by atoms with van der Waals surface area (Å²) in [6, 6.07) is -2.85. The molecule has 0 heterocycles. The Morgan fingerprint density at radius 3 is 2.38 bits per heavy atom. The third-order valence-corrected chi connectivity index (χ3v) is 1.27. The highest BCUT2D eigenvalue weighted by Crippen LogP contribution is 2.18. The van der Waals surface area contributed by atoms with Gasteiger partial charge >= 0.3 is 12.2 Å². The van der Waals surface area contributed by atoms with E-state index in [1.54, 1.807) is 12.2 Å². The zero-order valence-corrected chi connectivity index (χ0v) is 7.11. The maximum absolute atomic E-state index is 12.0. The van der Waals surface area contributed by atoms with Crippen LogP contribution in [0, 0.1) is 0 Å². The summed E-state index contributed by atoms with van der Waals surface area (Å²) in [5, 5.41) is 3.88. The van der Waals surface area contributed by atoms with E-state index < -0.39 is 24.8 Å². The van der Waals surface area contributed by atoms with Gasteiger partial charge in [-0.3, -0.25) is 0 Å². The first-order valence-corrected chi connectivity index (χ1v) is 3.73. The van der Waals surface area contributed by atoms with Gasteiger partial charge in [0, 0.05) is 13.1 Å². The molecule has 0 aliphatic heterocycles. The van der Waals surface area contributed by atoms with Crippen molar-refractivity contribution in [2.24, 2.45) is 5.73 Å². The van der Waals surface area contributed by atoms with Crippen LogP contribution in [-0.4, -0.2) is 31.3 Å². The summed E-state index contributed by atoms with van der Waals surface area (Å²) in [6.07, 6.45) is -4.50. The van der Waals surface area contributed by atoms with Crippen LogP contribution in [0.1, 0.15) is 6.92 Å². The average molecular weight is 199 g/mol. The van der Waals surface area contributed by atoms with Crippen molar-refractivity contribution in [1.82, 2.24) is 10.6 Å². The molecule has 0 radical (unpaired) electrons. The number of hydrogen-bond donors (Lipinski definition) is 3. The highest BCUT2D eigenvalue weighted by Gasteiger charge is 2.39. The molecule has 4 nitrogen and oxygen atoms in total. The van der Waals surface area contributed by atoms with E-state index in [1.165, 1.54) is 0 Å². The summed E-state index contributed by atoms with van der Waals surface area (Å²) in [5.74, 6) is 0. The van der Waals surface area contributed by atoms with Crippen LogP contribution < -0.4 is 16.4 Å². The summed E-state index contributed by atoms with van der Waals surface area (Å²) in [5.41, 5.74) is 4.84. The summed E-state index contributed by atoms with van der Waals surface area (Å²) >= 11 is 0. The third-order valence-electron chi connectivity index (χ3n) is 1.27. The van der Waals surface area contributed by atoms with Gasteiger partial charge in [-0.05, 0) is 6.92 Å². The zero-order valence-electron chi connectivity index (χ0n) is 7.11. The van der Waals surface area contributed by atoms with Gasteiger partial charge in [-0.1, -0.05) is 0 Å². The fraction of sp³-hybridized carbons (Fsp3) is 0.833. The summed E-state index contributed by atoms with van der Waals surface area (Å²) in [6.45, 7) is 1.20. The zero-order chi connectivity index (χ0) is 10.5. The normalized spacial score (nSPS) is 13.6. The topological polar surface area (TPSA) is 67.2 Å². The minimum absolute atomic E-state index is 0.265. The molecule has 0 spiro atoms. The molecular formula is C6H12F3N3O. The molecule has 0 aromatic carbocycles. The van der Waals surface area contributed by atoms with Crippen molar-refractivity contribution < 1.29 is 18.0 Å². The first kappa shape index (κ1) is 12.0. The number of hydrogen-bond acceptors (Lipinski definition) is 2. The molecule has 2 amide bonds. The largest absolute Gasteiger partial charge is 0.409 e. The van der Waals surface area contributed by atoms with Gasteiger partial charge in [-0.25, -0.2) is 4.79 Å². The van der Waals surface area contributed by atoms with Gasteiger partial charge in [-0.15, -0.1) is 0 Å².